The molecule has 0 saturated heterocycles. The number of benzene rings is 3. The van der Waals surface area contributed by atoms with Crippen LogP contribution in [0, 0.1) is 0 Å². The Morgan fingerprint density at radius 3 is 2.52 bits per heavy atom. The van der Waals surface area contributed by atoms with E-state index in [9.17, 15) is 13.5 Å². The van der Waals surface area contributed by atoms with Gasteiger partial charge in [0.1, 0.15) is 5.75 Å². The number of hydrogen-bond acceptors (Lipinski definition) is 4. The molecule has 1 aliphatic heterocycles. The average Bonchev–Trinajstić information content (AvgIpc) is 2.70. The van der Waals surface area contributed by atoms with E-state index in [-0.39, 0.29) is 22.4 Å². The van der Waals surface area contributed by atoms with Crippen molar-refractivity contribution in [2.75, 3.05) is 10.7 Å². The number of halogens is 1. The zero-order valence-corrected chi connectivity index (χ0v) is 17.4. The summed E-state index contributed by atoms with van der Waals surface area (Å²) in [5, 5.41) is 10.00. The predicted octanol–water partition coefficient (Wildman–Crippen LogP) is 5.58. The molecule has 1 atom stereocenters. The van der Waals surface area contributed by atoms with Crippen molar-refractivity contribution in [2.45, 2.75) is 17.9 Å². The minimum Gasteiger partial charge on any atom is -0.508 e. The molecule has 6 heteroatoms. The Labute approximate surface area is 175 Å². The molecule has 0 saturated carbocycles. The molecule has 29 heavy (non-hydrogen) atoms. The molecule has 0 spiro atoms. The number of fused-ring (bicyclic) bond motifs is 3. The SMILES string of the molecule is CC1c2ccccc2-c2ccc(Cl)cc2N1C=CCS(=O)(=O)c1ccc(O)cc1. The summed E-state index contributed by atoms with van der Waals surface area (Å²) in [6.07, 6.45) is 3.46. The normalized spacial score (nSPS) is 15.9. The van der Waals surface area contributed by atoms with Gasteiger partial charge in [-0.2, -0.15) is 0 Å². The molecule has 3 aromatic rings. The van der Waals surface area contributed by atoms with Crippen LogP contribution < -0.4 is 4.90 Å². The van der Waals surface area contributed by atoms with E-state index in [1.807, 2.05) is 36.5 Å². The van der Waals surface area contributed by atoms with Crippen molar-refractivity contribution in [2.24, 2.45) is 0 Å². The summed E-state index contributed by atoms with van der Waals surface area (Å²) >= 11 is 6.25. The zero-order chi connectivity index (χ0) is 20.6. The van der Waals surface area contributed by atoms with Crippen molar-refractivity contribution in [3.8, 4) is 16.9 Å². The van der Waals surface area contributed by atoms with Crippen molar-refractivity contribution < 1.29 is 13.5 Å². The largest absolute Gasteiger partial charge is 0.508 e. The standard InChI is InChI=1S/C23H20ClNO3S/c1-16-20-5-2-3-6-21(20)22-12-7-17(24)15-23(22)25(16)13-4-14-29(27,28)19-10-8-18(26)9-11-19/h2-13,15-16,26H,14H2,1H3. The first kappa shape index (κ1) is 19.6. The lowest BCUT2D eigenvalue weighted by molar-refractivity contribution is 0.475. The molecule has 3 aromatic carbocycles. The van der Waals surface area contributed by atoms with Crippen LogP contribution in [0.25, 0.3) is 11.1 Å². The maximum atomic E-state index is 12.6. The van der Waals surface area contributed by atoms with Gasteiger partial charge in [-0.25, -0.2) is 8.42 Å². The van der Waals surface area contributed by atoms with Crippen LogP contribution in [0.3, 0.4) is 0 Å². The van der Waals surface area contributed by atoms with Crippen LogP contribution in [0.4, 0.5) is 5.69 Å². The Morgan fingerprint density at radius 2 is 1.76 bits per heavy atom. The van der Waals surface area contributed by atoms with E-state index in [1.165, 1.54) is 29.8 Å². The number of anilines is 1. The van der Waals surface area contributed by atoms with Crippen LogP contribution in [0.5, 0.6) is 5.75 Å². The lowest BCUT2D eigenvalue weighted by atomic mass is 9.89. The number of phenols is 1. The molecule has 1 aliphatic rings. The summed E-state index contributed by atoms with van der Waals surface area (Å²) in [6.45, 7) is 2.08. The zero-order valence-electron chi connectivity index (χ0n) is 15.8. The van der Waals surface area contributed by atoms with Gasteiger partial charge in [0, 0.05) is 16.8 Å². The van der Waals surface area contributed by atoms with E-state index in [4.69, 9.17) is 11.6 Å². The van der Waals surface area contributed by atoms with E-state index in [0.29, 0.717) is 5.02 Å². The van der Waals surface area contributed by atoms with Crippen LogP contribution in [0.1, 0.15) is 18.5 Å². The second kappa shape index (κ2) is 7.58. The Kier molecular flexibility index (Phi) is 5.11. The number of aromatic hydroxyl groups is 1. The summed E-state index contributed by atoms with van der Waals surface area (Å²) in [5.74, 6) is -0.104. The fourth-order valence-electron chi connectivity index (χ4n) is 3.65. The molecule has 4 nitrogen and oxygen atoms in total. The highest BCUT2D eigenvalue weighted by atomic mass is 35.5. The highest BCUT2D eigenvalue weighted by Gasteiger charge is 2.26. The van der Waals surface area contributed by atoms with Crippen molar-refractivity contribution in [3.05, 3.63) is 89.6 Å². The Balaban J connectivity index is 1.67. The number of rotatable bonds is 4. The second-order valence-corrected chi connectivity index (χ2v) is 9.46. The molecular formula is C23H20ClNO3S. The Morgan fingerprint density at radius 1 is 1.03 bits per heavy atom. The van der Waals surface area contributed by atoms with E-state index in [1.54, 1.807) is 6.08 Å². The van der Waals surface area contributed by atoms with Crippen LogP contribution >= 0.6 is 11.6 Å². The highest BCUT2D eigenvalue weighted by molar-refractivity contribution is 7.91. The number of hydrogen-bond donors (Lipinski definition) is 1. The van der Waals surface area contributed by atoms with Gasteiger partial charge in [0.15, 0.2) is 9.84 Å². The van der Waals surface area contributed by atoms with Crippen molar-refractivity contribution in [1.82, 2.24) is 0 Å². The van der Waals surface area contributed by atoms with Crippen LogP contribution in [-0.4, -0.2) is 19.3 Å². The van der Waals surface area contributed by atoms with Crippen molar-refractivity contribution in [1.29, 1.82) is 0 Å². The Bertz CT molecular complexity index is 1190. The number of sulfone groups is 1. The maximum absolute atomic E-state index is 12.6. The first-order valence-electron chi connectivity index (χ1n) is 9.22. The fraction of sp³-hybridized carbons (Fsp3) is 0.130. The monoisotopic (exact) mass is 425 g/mol. The summed E-state index contributed by atoms with van der Waals surface area (Å²) in [5.41, 5.74) is 4.34. The van der Waals surface area contributed by atoms with E-state index in [2.05, 4.69) is 24.0 Å². The molecule has 1 heterocycles. The van der Waals surface area contributed by atoms with Crippen LogP contribution in [-0.2, 0) is 9.84 Å². The quantitative estimate of drug-likeness (QED) is 0.592. The van der Waals surface area contributed by atoms with Gasteiger partial charge in [-0.05, 0) is 54.4 Å². The number of nitrogens with zero attached hydrogens (tertiary/aromatic N) is 1. The highest BCUT2D eigenvalue weighted by Crippen LogP contribution is 2.45. The lowest BCUT2D eigenvalue weighted by Gasteiger charge is -2.36. The molecule has 0 fully saturated rings. The number of phenolic OH excluding ortho intramolecular Hbond substituents is 1. The maximum Gasteiger partial charge on any atom is 0.181 e. The molecule has 0 aliphatic carbocycles. The average molecular weight is 426 g/mol. The molecular weight excluding hydrogens is 406 g/mol. The summed E-state index contributed by atoms with van der Waals surface area (Å²) in [6, 6.07) is 19.6. The molecule has 0 radical (unpaired) electrons. The summed E-state index contributed by atoms with van der Waals surface area (Å²) in [7, 11) is -3.49. The Hall–Kier alpha value is -2.76. The first-order chi connectivity index (χ1) is 13.9. The molecule has 4 rings (SSSR count). The van der Waals surface area contributed by atoms with Gasteiger partial charge in [0.2, 0.25) is 0 Å². The molecule has 0 aromatic heterocycles. The molecule has 0 amide bonds. The van der Waals surface area contributed by atoms with Crippen LogP contribution in [0.2, 0.25) is 5.02 Å². The third kappa shape index (κ3) is 3.76. The van der Waals surface area contributed by atoms with Gasteiger partial charge >= 0.3 is 0 Å². The smallest absolute Gasteiger partial charge is 0.181 e. The predicted molar refractivity (Wildman–Crippen MR) is 117 cm³/mol. The van der Waals surface area contributed by atoms with Gasteiger partial charge in [-0.15, -0.1) is 0 Å². The fourth-order valence-corrected chi connectivity index (χ4v) is 4.90. The van der Waals surface area contributed by atoms with Gasteiger partial charge < -0.3 is 10.0 Å². The third-order valence-corrected chi connectivity index (χ3v) is 6.99. The molecule has 0 bridgehead atoms. The molecule has 148 valence electrons. The van der Waals surface area contributed by atoms with Gasteiger partial charge in [0.25, 0.3) is 0 Å². The molecule has 1 unspecified atom stereocenters. The third-order valence-electron chi connectivity index (χ3n) is 5.13. The second-order valence-electron chi connectivity index (χ2n) is 6.99. The van der Waals surface area contributed by atoms with Gasteiger partial charge in [0.05, 0.1) is 22.4 Å². The minimum atomic E-state index is -3.49. The van der Waals surface area contributed by atoms with Crippen molar-refractivity contribution >= 4 is 27.1 Å². The van der Waals surface area contributed by atoms with Crippen molar-refractivity contribution in [3.63, 3.8) is 0 Å². The lowest BCUT2D eigenvalue weighted by Crippen LogP contribution is -2.25. The minimum absolute atomic E-state index is 0.0322. The molecule has 1 N–H and O–H groups in total. The summed E-state index contributed by atoms with van der Waals surface area (Å²) < 4.78 is 25.2. The summed E-state index contributed by atoms with van der Waals surface area (Å²) in [4.78, 5) is 2.23. The van der Waals surface area contributed by atoms with Gasteiger partial charge in [-0.1, -0.05) is 48.0 Å². The van der Waals surface area contributed by atoms with E-state index in [0.717, 1.165) is 16.8 Å². The topological polar surface area (TPSA) is 57.6 Å². The van der Waals surface area contributed by atoms with Gasteiger partial charge in [-0.3, -0.25) is 0 Å². The van der Waals surface area contributed by atoms with E-state index < -0.39 is 9.84 Å². The van der Waals surface area contributed by atoms with E-state index >= 15 is 0 Å². The first-order valence-corrected chi connectivity index (χ1v) is 11.3. The van der Waals surface area contributed by atoms with Crippen LogP contribution in [0.15, 0.2) is 83.9 Å².